The number of hydrogen-bond donors (Lipinski definition) is 1. The van der Waals surface area contributed by atoms with E-state index in [4.69, 9.17) is 23.2 Å². The molecule has 5 heteroatoms. The molecule has 1 aromatic rings. The van der Waals surface area contributed by atoms with Gasteiger partial charge in [-0.05, 0) is 26.0 Å². The molecule has 0 aliphatic carbocycles. The fraction of sp³-hybridized carbons (Fsp3) is 0.364. The van der Waals surface area contributed by atoms with Crippen molar-refractivity contribution in [2.75, 3.05) is 5.33 Å². The Labute approximate surface area is 113 Å². The maximum absolute atomic E-state index is 11.9. The standard InChI is InChI=1S/C11H12BrCl2NO/c1-11(2,6-12)15-10(16)7-4-3-5-8(13)9(7)14/h3-5H,6H2,1-2H3,(H,15,16). The lowest BCUT2D eigenvalue weighted by atomic mass is 10.1. The smallest absolute Gasteiger partial charge is 0.253 e. The van der Waals surface area contributed by atoms with Gasteiger partial charge in [0, 0.05) is 10.9 Å². The number of nitrogens with one attached hydrogen (secondary N) is 1. The quantitative estimate of drug-likeness (QED) is 0.839. The highest BCUT2D eigenvalue weighted by Crippen LogP contribution is 2.25. The van der Waals surface area contributed by atoms with E-state index in [1.807, 2.05) is 13.8 Å². The van der Waals surface area contributed by atoms with Crippen molar-refractivity contribution >= 4 is 45.0 Å². The van der Waals surface area contributed by atoms with Gasteiger partial charge in [0.25, 0.3) is 5.91 Å². The summed E-state index contributed by atoms with van der Waals surface area (Å²) < 4.78 is 0. The Balaban J connectivity index is 2.94. The maximum Gasteiger partial charge on any atom is 0.253 e. The third kappa shape index (κ3) is 3.37. The molecule has 0 saturated carbocycles. The van der Waals surface area contributed by atoms with Crippen molar-refractivity contribution in [1.82, 2.24) is 5.32 Å². The van der Waals surface area contributed by atoms with E-state index < -0.39 is 0 Å². The van der Waals surface area contributed by atoms with Gasteiger partial charge in [-0.1, -0.05) is 45.2 Å². The van der Waals surface area contributed by atoms with Crippen molar-refractivity contribution in [3.05, 3.63) is 33.8 Å². The number of carbonyl (C=O) groups excluding carboxylic acids is 1. The monoisotopic (exact) mass is 323 g/mol. The Bertz CT molecular complexity index is 407. The number of hydrogen-bond acceptors (Lipinski definition) is 1. The predicted molar refractivity (Wildman–Crippen MR) is 71.8 cm³/mol. The number of benzene rings is 1. The van der Waals surface area contributed by atoms with E-state index in [2.05, 4.69) is 21.2 Å². The molecular formula is C11H12BrCl2NO. The van der Waals surface area contributed by atoms with Crippen LogP contribution < -0.4 is 5.32 Å². The van der Waals surface area contributed by atoms with Crippen LogP contribution in [0.2, 0.25) is 10.0 Å². The van der Waals surface area contributed by atoms with Crippen LogP contribution in [0.3, 0.4) is 0 Å². The van der Waals surface area contributed by atoms with E-state index in [-0.39, 0.29) is 16.5 Å². The highest BCUT2D eigenvalue weighted by atomic mass is 79.9. The van der Waals surface area contributed by atoms with Crippen molar-refractivity contribution < 1.29 is 4.79 Å². The third-order valence-corrected chi connectivity index (χ3v) is 4.20. The molecule has 0 spiro atoms. The molecule has 0 bridgehead atoms. The van der Waals surface area contributed by atoms with Gasteiger partial charge in [-0.25, -0.2) is 0 Å². The SMILES string of the molecule is CC(C)(CBr)NC(=O)c1cccc(Cl)c1Cl. The van der Waals surface area contributed by atoms with E-state index in [0.29, 0.717) is 15.9 Å². The molecule has 0 aliphatic rings. The number of rotatable bonds is 3. The second-order valence-corrected chi connectivity index (χ2v) is 5.42. The summed E-state index contributed by atoms with van der Waals surface area (Å²) in [5.74, 6) is -0.225. The molecule has 1 rings (SSSR count). The summed E-state index contributed by atoms with van der Waals surface area (Å²) in [6, 6.07) is 4.99. The lowest BCUT2D eigenvalue weighted by Gasteiger charge is -2.23. The number of carbonyl (C=O) groups is 1. The summed E-state index contributed by atoms with van der Waals surface area (Å²) in [5.41, 5.74) is 0.0612. The van der Waals surface area contributed by atoms with Crippen LogP contribution in [0.4, 0.5) is 0 Å². The van der Waals surface area contributed by atoms with Gasteiger partial charge in [0.2, 0.25) is 0 Å². The summed E-state index contributed by atoms with van der Waals surface area (Å²) in [7, 11) is 0. The molecule has 1 aromatic carbocycles. The van der Waals surface area contributed by atoms with Gasteiger partial charge in [0.15, 0.2) is 0 Å². The molecule has 1 N–H and O–H groups in total. The Hall–Kier alpha value is -0.250. The highest BCUT2D eigenvalue weighted by Gasteiger charge is 2.21. The van der Waals surface area contributed by atoms with Gasteiger partial charge in [-0.3, -0.25) is 4.79 Å². The van der Waals surface area contributed by atoms with Crippen molar-refractivity contribution in [2.24, 2.45) is 0 Å². The van der Waals surface area contributed by atoms with Crippen LogP contribution in [0.1, 0.15) is 24.2 Å². The van der Waals surface area contributed by atoms with Crippen molar-refractivity contribution in [2.45, 2.75) is 19.4 Å². The zero-order chi connectivity index (χ0) is 12.3. The average Bonchev–Trinajstić information content (AvgIpc) is 2.21. The van der Waals surface area contributed by atoms with Gasteiger partial charge in [0.05, 0.1) is 15.6 Å². The van der Waals surface area contributed by atoms with Crippen molar-refractivity contribution in [3.63, 3.8) is 0 Å². The van der Waals surface area contributed by atoms with E-state index in [1.54, 1.807) is 18.2 Å². The molecule has 0 unspecified atom stereocenters. The van der Waals surface area contributed by atoms with Crippen LogP contribution in [-0.4, -0.2) is 16.8 Å². The molecule has 0 aromatic heterocycles. The molecule has 0 saturated heterocycles. The average molecular weight is 325 g/mol. The molecule has 16 heavy (non-hydrogen) atoms. The second-order valence-electron chi connectivity index (χ2n) is 4.07. The molecule has 0 fully saturated rings. The van der Waals surface area contributed by atoms with Gasteiger partial charge in [-0.15, -0.1) is 0 Å². The minimum atomic E-state index is -0.331. The number of halogens is 3. The van der Waals surface area contributed by atoms with Crippen LogP contribution in [0.25, 0.3) is 0 Å². The highest BCUT2D eigenvalue weighted by molar-refractivity contribution is 9.09. The molecule has 0 atom stereocenters. The third-order valence-electron chi connectivity index (χ3n) is 1.98. The Morgan fingerprint density at radius 3 is 2.62 bits per heavy atom. The topological polar surface area (TPSA) is 29.1 Å². The van der Waals surface area contributed by atoms with Gasteiger partial charge in [0.1, 0.15) is 0 Å². The molecule has 2 nitrogen and oxygen atoms in total. The Morgan fingerprint density at radius 2 is 2.06 bits per heavy atom. The van der Waals surface area contributed by atoms with Crippen LogP contribution in [0.5, 0.6) is 0 Å². The maximum atomic E-state index is 11.9. The minimum absolute atomic E-state index is 0.225. The zero-order valence-electron chi connectivity index (χ0n) is 8.98. The van der Waals surface area contributed by atoms with Gasteiger partial charge >= 0.3 is 0 Å². The summed E-state index contributed by atoms with van der Waals surface area (Å²) in [5, 5.41) is 4.18. The molecule has 88 valence electrons. The van der Waals surface area contributed by atoms with Crippen molar-refractivity contribution in [1.29, 1.82) is 0 Å². The summed E-state index contributed by atoms with van der Waals surface area (Å²) in [4.78, 5) is 11.9. The normalized spacial score (nSPS) is 11.3. The number of amides is 1. The first-order valence-corrected chi connectivity index (χ1v) is 6.57. The van der Waals surface area contributed by atoms with E-state index in [0.717, 1.165) is 0 Å². The van der Waals surface area contributed by atoms with Crippen LogP contribution >= 0.6 is 39.1 Å². The molecule has 0 aliphatic heterocycles. The van der Waals surface area contributed by atoms with E-state index >= 15 is 0 Å². The van der Waals surface area contributed by atoms with E-state index in [9.17, 15) is 4.79 Å². The fourth-order valence-corrected chi connectivity index (χ4v) is 1.61. The summed E-state index contributed by atoms with van der Waals surface area (Å²) in [6.45, 7) is 3.83. The lowest BCUT2D eigenvalue weighted by molar-refractivity contribution is 0.0921. The molecular weight excluding hydrogens is 313 g/mol. The largest absolute Gasteiger partial charge is 0.346 e. The minimum Gasteiger partial charge on any atom is -0.346 e. The number of alkyl halides is 1. The van der Waals surface area contributed by atoms with Gasteiger partial charge in [-0.2, -0.15) is 0 Å². The molecule has 1 amide bonds. The van der Waals surface area contributed by atoms with Crippen molar-refractivity contribution in [3.8, 4) is 0 Å². The molecule has 0 radical (unpaired) electrons. The zero-order valence-corrected chi connectivity index (χ0v) is 12.1. The lowest BCUT2D eigenvalue weighted by Crippen LogP contribution is -2.44. The van der Waals surface area contributed by atoms with Gasteiger partial charge < -0.3 is 5.32 Å². The Kier molecular flexibility index (Phi) is 4.65. The van der Waals surface area contributed by atoms with Crippen LogP contribution in [0.15, 0.2) is 18.2 Å². The first-order valence-electron chi connectivity index (χ1n) is 4.70. The fourth-order valence-electron chi connectivity index (χ4n) is 1.09. The second kappa shape index (κ2) is 5.39. The van der Waals surface area contributed by atoms with Crippen LogP contribution in [-0.2, 0) is 0 Å². The first kappa shape index (κ1) is 13.8. The van der Waals surface area contributed by atoms with E-state index in [1.165, 1.54) is 0 Å². The Morgan fingerprint density at radius 1 is 1.44 bits per heavy atom. The first-order chi connectivity index (χ1) is 7.37. The summed E-state index contributed by atoms with van der Waals surface area (Å²) >= 11 is 15.1. The summed E-state index contributed by atoms with van der Waals surface area (Å²) in [6.07, 6.45) is 0. The molecule has 0 heterocycles. The predicted octanol–water partition coefficient (Wildman–Crippen LogP) is 3.90. The van der Waals surface area contributed by atoms with Crippen LogP contribution in [0, 0.1) is 0 Å².